The maximum Gasteiger partial charge on any atom is 0.0449 e. The smallest absolute Gasteiger partial charge is 0.0449 e. The van der Waals surface area contributed by atoms with Crippen LogP contribution in [0.25, 0.3) is 0 Å². The summed E-state index contributed by atoms with van der Waals surface area (Å²) in [6.45, 7) is 4.38. The summed E-state index contributed by atoms with van der Waals surface area (Å²) in [5.41, 5.74) is 8.34. The van der Waals surface area contributed by atoms with Crippen LogP contribution in [-0.4, -0.2) is 7.05 Å². The molecule has 0 aromatic heterocycles. The second-order valence-electron chi connectivity index (χ2n) is 4.94. The summed E-state index contributed by atoms with van der Waals surface area (Å²) in [6.07, 6.45) is 1.06. The molecule has 0 bridgehead atoms. The number of hydrogen-bond donors (Lipinski definition) is 0. The van der Waals surface area contributed by atoms with Gasteiger partial charge in [0.1, 0.15) is 0 Å². The van der Waals surface area contributed by atoms with E-state index in [-0.39, 0.29) is 0 Å². The lowest BCUT2D eigenvalue weighted by molar-refractivity contribution is 1.03. The zero-order chi connectivity index (χ0) is 12.0. The van der Waals surface area contributed by atoms with Gasteiger partial charge in [0.25, 0.3) is 0 Å². The normalized spacial score (nSPS) is 13.2. The summed E-state index contributed by atoms with van der Waals surface area (Å²) in [5, 5.41) is 0. The SMILES string of the molecule is Cc1cc(C)c2c(c1)N(C)c1ccccc1C2. The van der Waals surface area contributed by atoms with E-state index in [0.717, 1.165) is 6.42 Å². The molecule has 86 valence electrons. The van der Waals surface area contributed by atoms with Crippen molar-refractivity contribution in [2.75, 3.05) is 11.9 Å². The van der Waals surface area contributed by atoms with Gasteiger partial charge in [0.05, 0.1) is 0 Å². The molecule has 0 unspecified atom stereocenters. The molecule has 0 N–H and O–H groups in total. The van der Waals surface area contributed by atoms with Crippen molar-refractivity contribution in [3.05, 3.63) is 58.7 Å². The number of anilines is 2. The molecule has 1 heteroatoms. The van der Waals surface area contributed by atoms with E-state index >= 15 is 0 Å². The van der Waals surface area contributed by atoms with E-state index in [4.69, 9.17) is 0 Å². The Kier molecular flexibility index (Phi) is 2.22. The molecule has 0 saturated heterocycles. The number of fused-ring (bicyclic) bond motifs is 2. The highest BCUT2D eigenvalue weighted by Crippen LogP contribution is 2.39. The first kappa shape index (κ1) is 10.4. The molecular weight excluding hydrogens is 206 g/mol. The third kappa shape index (κ3) is 1.54. The molecule has 0 spiro atoms. The average Bonchev–Trinajstić information content (AvgIpc) is 2.31. The highest BCUT2D eigenvalue weighted by atomic mass is 15.1. The minimum Gasteiger partial charge on any atom is -0.344 e. The highest BCUT2D eigenvalue weighted by Gasteiger charge is 2.20. The van der Waals surface area contributed by atoms with Gasteiger partial charge < -0.3 is 4.90 Å². The zero-order valence-electron chi connectivity index (χ0n) is 10.6. The number of rotatable bonds is 0. The number of para-hydroxylation sites is 1. The third-order valence-electron chi connectivity index (χ3n) is 3.68. The van der Waals surface area contributed by atoms with Crippen LogP contribution >= 0.6 is 0 Å². The Bertz CT molecular complexity index is 584. The van der Waals surface area contributed by atoms with Gasteiger partial charge in [-0.3, -0.25) is 0 Å². The summed E-state index contributed by atoms with van der Waals surface area (Å²) < 4.78 is 0. The molecule has 2 aromatic rings. The van der Waals surface area contributed by atoms with Gasteiger partial charge in [0, 0.05) is 24.8 Å². The fourth-order valence-corrected chi connectivity index (χ4v) is 2.81. The van der Waals surface area contributed by atoms with Gasteiger partial charge in [-0.15, -0.1) is 0 Å². The molecule has 0 radical (unpaired) electrons. The van der Waals surface area contributed by atoms with E-state index in [1.165, 1.54) is 33.6 Å². The summed E-state index contributed by atoms with van der Waals surface area (Å²) in [5.74, 6) is 0. The van der Waals surface area contributed by atoms with Crippen molar-refractivity contribution in [2.45, 2.75) is 20.3 Å². The lowest BCUT2D eigenvalue weighted by atomic mass is 9.91. The lowest BCUT2D eigenvalue weighted by Gasteiger charge is -2.31. The van der Waals surface area contributed by atoms with Gasteiger partial charge in [-0.2, -0.15) is 0 Å². The van der Waals surface area contributed by atoms with Crippen molar-refractivity contribution in [3.8, 4) is 0 Å². The van der Waals surface area contributed by atoms with E-state index in [0.29, 0.717) is 0 Å². The van der Waals surface area contributed by atoms with Gasteiger partial charge in [0.2, 0.25) is 0 Å². The monoisotopic (exact) mass is 223 g/mol. The summed E-state index contributed by atoms with van der Waals surface area (Å²) in [6, 6.07) is 13.2. The zero-order valence-corrected chi connectivity index (χ0v) is 10.6. The number of aryl methyl sites for hydroxylation is 2. The van der Waals surface area contributed by atoms with Gasteiger partial charge in [-0.25, -0.2) is 0 Å². The second-order valence-corrected chi connectivity index (χ2v) is 4.94. The lowest BCUT2D eigenvalue weighted by Crippen LogP contribution is -2.19. The van der Waals surface area contributed by atoms with Crippen molar-refractivity contribution in [2.24, 2.45) is 0 Å². The Morgan fingerprint density at radius 3 is 2.59 bits per heavy atom. The van der Waals surface area contributed by atoms with Crippen molar-refractivity contribution >= 4 is 11.4 Å². The van der Waals surface area contributed by atoms with Crippen LogP contribution in [0.2, 0.25) is 0 Å². The van der Waals surface area contributed by atoms with Crippen molar-refractivity contribution in [1.29, 1.82) is 0 Å². The van der Waals surface area contributed by atoms with E-state index in [1.807, 2.05) is 0 Å². The molecule has 17 heavy (non-hydrogen) atoms. The Morgan fingerprint density at radius 1 is 1.00 bits per heavy atom. The quantitative estimate of drug-likeness (QED) is 0.653. The van der Waals surface area contributed by atoms with Gasteiger partial charge in [-0.05, 0) is 48.2 Å². The Labute approximate surface area is 103 Å². The molecule has 1 aliphatic rings. The summed E-state index contributed by atoms with van der Waals surface area (Å²) in [4.78, 5) is 2.31. The molecule has 1 heterocycles. The molecule has 0 saturated carbocycles. The number of benzene rings is 2. The predicted octanol–water partition coefficient (Wildman–Crippen LogP) is 3.98. The first-order valence-electron chi connectivity index (χ1n) is 6.08. The van der Waals surface area contributed by atoms with Crippen molar-refractivity contribution < 1.29 is 0 Å². The van der Waals surface area contributed by atoms with Crippen LogP contribution in [0, 0.1) is 13.8 Å². The van der Waals surface area contributed by atoms with Gasteiger partial charge in [0.15, 0.2) is 0 Å². The summed E-state index contributed by atoms with van der Waals surface area (Å²) >= 11 is 0. The van der Waals surface area contributed by atoms with Crippen LogP contribution < -0.4 is 4.90 Å². The minimum absolute atomic E-state index is 1.06. The molecule has 1 aliphatic heterocycles. The Morgan fingerprint density at radius 2 is 1.76 bits per heavy atom. The fraction of sp³-hybridized carbons (Fsp3) is 0.250. The Balaban J connectivity index is 2.23. The molecule has 0 atom stereocenters. The van der Waals surface area contributed by atoms with Crippen LogP contribution in [0.3, 0.4) is 0 Å². The summed E-state index contributed by atoms with van der Waals surface area (Å²) in [7, 11) is 2.16. The topological polar surface area (TPSA) is 3.24 Å². The van der Waals surface area contributed by atoms with Crippen LogP contribution in [0.1, 0.15) is 22.3 Å². The molecule has 2 aromatic carbocycles. The Hall–Kier alpha value is -1.76. The van der Waals surface area contributed by atoms with Crippen LogP contribution in [-0.2, 0) is 6.42 Å². The fourth-order valence-electron chi connectivity index (χ4n) is 2.81. The molecule has 1 nitrogen and oxygen atoms in total. The van der Waals surface area contributed by atoms with E-state index < -0.39 is 0 Å². The average molecular weight is 223 g/mol. The first-order chi connectivity index (χ1) is 8.16. The van der Waals surface area contributed by atoms with Gasteiger partial charge >= 0.3 is 0 Å². The highest BCUT2D eigenvalue weighted by molar-refractivity contribution is 5.75. The van der Waals surface area contributed by atoms with E-state index in [2.05, 4.69) is 62.2 Å². The van der Waals surface area contributed by atoms with Gasteiger partial charge in [-0.1, -0.05) is 24.3 Å². The molecule has 0 amide bonds. The first-order valence-corrected chi connectivity index (χ1v) is 6.08. The molecule has 0 fully saturated rings. The van der Waals surface area contributed by atoms with Crippen LogP contribution in [0.4, 0.5) is 11.4 Å². The van der Waals surface area contributed by atoms with Crippen LogP contribution in [0.5, 0.6) is 0 Å². The van der Waals surface area contributed by atoms with Crippen molar-refractivity contribution in [1.82, 2.24) is 0 Å². The maximum atomic E-state index is 2.31. The number of hydrogen-bond acceptors (Lipinski definition) is 1. The van der Waals surface area contributed by atoms with Crippen LogP contribution in [0.15, 0.2) is 36.4 Å². The second kappa shape index (κ2) is 3.63. The van der Waals surface area contributed by atoms with E-state index in [9.17, 15) is 0 Å². The minimum atomic E-state index is 1.06. The van der Waals surface area contributed by atoms with E-state index in [1.54, 1.807) is 0 Å². The maximum absolute atomic E-state index is 2.31. The molecule has 3 rings (SSSR count). The largest absolute Gasteiger partial charge is 0.344 e. The molecule has 0 aliphatic carbocycles. The van der Waals surface area contributed by atoms with Crippen molar-refractivity contribution in [3.63, 3.8) is 0 Å². The predicted molar refractivity (Wildman–Crippen MR) is 73.2 cm³/mol. The third-order valence-corrected chi connectivity index (χ3v) is 3.68. The standard InChI is InChI=1S/C16H17N/c1-11-8-12(2)14-10-13-6-4-5-7-15(13)17(3)16(14)9-11/h4-9H,10H2,1-3H3. The molecular formula is C16H17N. The number of nitrogens with zero attached hydrogens (tertiary/aromatic N) is 1.